The molecule has 0 atom stereocenters. The van der Waals surface area contributed by atoms with E-state index in [1.807, 2.05) is 6.92 Å². The normalized spacial score (nSPS) is 10.3. The van der Waals surface area contributed by atoms with Gasteiger partial charge in [0.1, 0.15) is 11.6 Å². The van der Waals surface area contributed by atoms with Gasteiger partial charge in [0.25, 0.3) is 5.91 Å². The van der Waals surface area contributed by atoms with Gasteiger partial charge in [-0.05, 0) is 37.6 Å². The molecule has 0 unspecified atom stereocenters. The second-order valence-electron chi connectivity index (χ2n) is 4.50. The standard InChI is InChI=1S/C15H15ClFN3O/c1-3-18-14-7-11(12(16)8-19-14)15(21)20-10-5-4-9(2)13(17)6-10/h4-8H,3H2,1-2H3,(H,18,19)(H,20,21). The number of hydrogen-bond acceptors (Lipinski definition) is 3. The van der Waals surface area contributed by atoms with Crippen LogP contribution in [0.3, 0.4) is 0 Å². The van der Waals surface area contributed by atoms with E-state index in [1.165, 1.54) is 12.3 Å². The van der Waals surface area contributed by atoms with Gasteiger partial charge in [-0.15, -0.1) is 0 Å². The average molecular weight is 308 g/mol. The van der Waals surface area contributed by atoms with E-state index in [0.29, 0.717) is 23.6 Å². The lowest BCUT2D eigenvalue weighted by Crippen LogP contribution is -2.14. The van der Waals surface area contributed by atoms with Gasteiger partial charge in [-0.1, -0.05) is 17.7 Å². The van der Waals surface area contributed by atoms with E-state index < -0.39 is 5.91 Å². The van der Waals surface area contributed by atoms with Gasteiger partial charge in [0, 0.05) is 18.4 Å². The van der Waals surface area contributed by atoms with Crippen molar-refractivity contribution in [1.29, 1.82) is 0 Å². The maximum absolute atomic E-state index is 13.5. The molecule has 4 nitrogen and oxygen atoms in total. The Morgan fingerprint density at radius 1 is 1.38 bits per heavy atom. The van der Waals surface area contributed by atoms with Crippen LogP contribution < -0.4 is 10.6 Å². The Labute approximate surface area is 127 Å². The fourth-order valence-electron chi connectivity index (χ4n) is 1.76. The number of carbonyl (C=O) groups excluding carboxylic acids is 1. The smallest absolute Gasteiger partial charge is 0.257 e. The van der Waals surface area contributed by atoms with Gasteiger partial charge in [-0.3, -0.25) is 4.79 Å². The monoisotopic (exact) mass is 307 g/mol. The molecule has 1 aromatic heterocycles. The predicted octanol–water partition coefficient (Wildman–Crippen LogP) is 3.87. The molecule has 0 radical (unpaired) electrons. The third-order valence-corrected chi connectivity index (χ3v) is 3.19. The number of carbonyl (C=O) groups is 1. The zero-order chi connectivity index (χ0) is 15.4. The number of rotatable bonds is 4. The van der Waals surface area contributed by atoms with Crippen molar-refractivity contribution < 1.29 is 9.18 Å². The average Bonchev–Trinajstić information content (AvgIpc) is 2.45. The van der Waals surface area contributed by atoms with Crippen molar-refractivity contribution in [1.82, 2.24) is 4.98 Å². The molecule has 110 valence electrons. The molecule has 0 saturated heterocycles. The third kappa shape index (κ3) is 3.70. The molecule has 1 amide bonds. The van der Waals surface area contributed by atoms with E-state index in [-0.39, 0.29) is 16.4 Å². The molecule has 21 heavy (non-hydrogen) atoms. The summed E-state index contributed by atoms with van der Waals surface area (Å²) < 4.78 is 13.5. The number of nitrogens with zero attached hydrogens (tertiary/aromatic N) is 1. The number of amides is 1. The Morgan fingerprint density at radius 3 is 2.81 bits per heavy atom. The highest BCUT2D eigenvalue weighted by molar-refractivity contribution is 6.34. The quantitative estimate of drug-likeness (QED) is 0.901. The van der Waals surface area contributed by atoms with E-state index in [9.17, 15) is 9.18 Å². The van der Waals surface area contributed by atoms with Crippen molar-refractivity contribution in [2.45, 2.75) is 13.8 Å². The van der Waals surface area contributed by atoms with Crippen LogP contribution in [0.4, 0.5) is 15.9 Å². The summed E-state index contributed by atoms with van der Waals surface area (Å²) in [7, 11) is 0. The molecule has 0 spiro atoms. The van der Waals surface area contributed by atoms with E-state index in [2.05, 4.69) is 15.6 Å². The van der Waals surface area contributed by atoms with Crippen molar-refractivity contribution >= 4 is 29.0 Å². The van der Waals surface area contributed by atoms with Crippen LogP contribution >= 0.6 is 11.6 Å². The SMILES string of the molecule is CCNc1cc(C(=O)Nc2ccc(C)c(F)c2)c(Cl)cn1. The molecule has 0 aliphatic carbocycles. The zero-order valence-electron chi connectivity index (χ0n) is 11.7. The Morgan fingerprint density at radius 2 is 2.14 bits per heavy atom. The number of benzene rings is 1. The van der Waals surface area contributed by atoms with Crippen LogP contribution in [0, 0.1) is 12.7 Å². The Kier molecular flexibility index (Phi) is 4.75. The number of pyridine rings is 1. The second-order valence-corrected chi connectivity index (χ2v) is 4.91. The van der Waals surface area contributed by atoms with Crippen LogP contribution in [0.1, 0.15) is 22.8 Å². The first kappa shape index (κ1) is 15.3. The topological polar surface area (TPSA) is 54.0 Å². The maximum atomic E-state index is 13.5. The fraction of sp³-hybridized carbons (Fsp3) is 0.200. The molecule has 6 heteroatoms. The highest BCUT2D eigenvalue weighted by atomic mass is 35.5. The number of hydrogen-bond donors (Lipinski definition) is 2. The second kappa shape index (κ2) is 6.54. The first-order valence-corrected chi connectivity index (χ1v) is 6.86. The third-order valence-electron chi connectivity index (χ3n) is 2.89. The number of halogens is 2. The number of aryl methyl sites for hydroxylation is 1. The first-order valence-electron chi connectivity index (χ1n) is 6.48. The minimum Gasteiger partial charge on any atom is -0.370 e. The van der Waals surface area contributed by atoms with Gasteiger partial charge < -0.3 is 10.6 Å². The fourth-order valence-corrected chi connectivity index (χ4v) is 1.95. The lowest BCUT2D eigenvalue weighted by molar-refractivity contribution is 0.102. The van der Waals surface area contributed by atoms with Crippen LogP contribution in [0.15, 0.2) is 30.5 Å². The lowest BCUT2D eigenvalue weighted by atomic mass is 10.2. The number of anilines is 2. The van der Waals surface area contributed by atoms with Crippen molar-refractivity contribution in [3.05, 3.63) is 52.4 Å². The highest BCUT2D eigenvalue weighted by Gasteiger charge is 2.13. The molecule has 0 bridgehead atoms. The van der Waals surface area contributed by atoms with Gasteiger partial charge in [0.2, 0.25) is 0 Å². The summed E-state index contributed by atoms with van der Waals surface area (Å²) in [6, 6.07) is 6.07. The summed E-state index contributed by atoms with van der Waals surface area (Å²) in [6.07, 6.45) is 1.41. The zero-order valence-corrected chi connectivity index (χ0v) is 12.5. The summed E-state index contributed by atoms with van der Waals surface area (Å²) in [5.41, 5.74) is 1.17. The van der Waals surface area contributed by atoms with Crippen molar-refractivity contribution in [2.75, 3.05) is 17.2 Å². The highest BCUT2D eigenvalue weighted by Crippen LogP contribution is 2.20. The Balaban J connectivity index is 2.23. The number of nitrogens with one attached hydrogen (secondary N) is 2. The van der Waals surface area contributed by atoms with Gasteiger partial charge in [-0.25, -0.2) is 9.37 Å². The van der Waals surface area contributed by atoms with Crippen molar-refractivity contribution in [2.24, 2.45) is 0 Å². The van der Waals surface area contributed by atoms with Crippen molar-refractivity contribution in [3.8, 4) is 0 Å². The largest absolute Gasteiger partial charge is 0.370 e. The minimum atomic E-state index is -0.412. The molecule has 1 aromatic carbocycles. The predicted molar refractivity (Wildman–Crippen MR) is 82.5 cm³/mol. The number of aromatic nitrogens is 1. The van der Waals surface area contributed by atoms with Crippen LogP contribution in [-0.4, -0.2) is 17.4 Å². The van der Waals surface area contributed by atoms with Crippen LogP contribution in [0.5, 0.6) is 0 Å². The molecule has 1 heterocycles. The molecule has 0 aliphatic rings. The Bertz CT molecular complexity index is 676. The molecule has 0 aliphatic heterocycles. The van der Waals surface area contributed by atoms with Gasteiger partial charge >= 0.3 is 0 Å². The van der Waals surface area contributed by atoms with Crippen LogP contribution in [0.2, 0.25) is 5.02 Å². The molecular weight excluding hydrogens is 293 g/mol. The maximum Gasteiger partial charge on any atom is 0.257 e. The lowest BCUT2D eigenvalue weighted by Gasteiger charge is -2.09. The summed E-state index contributed by atoms with van der Waals surface area (Å²) in [5, 5.41) is 5.86. The molecule has 2 rings (SSSR count). The molecule has 2 N–H and O–H groups in total. The molecule has 2 aromatic rings. The van der Waals surface area contributed by atoms with E-state index >= 15 is 0 Å². The Hall–Kier alpha value is -2.14. The first-order chi connectivity index (χ1) is 10.0. The summed E-state index contributed by atoms with van der Waals surface area (Å²) >= 11 is 5.99. The summed E-state index contributed by atoms with van der Waals surface area (Å²) in [4.78, 5) is 16.3. The van der Waals surface area contributed by atoms with Crippen molar-refractivity contribution in [3.63, 3.8) is 0 Å². The van der Waals surface area contributed by atoms with E-state index in [1.54, 1.807) is 25.1 Å². The van der Waals surface area contributed by atoms with Gasteiger partial charge in [0.15, 0.2) is 0 Å². The summed E-state index contributed by atoms with van der Waals surface area (Å²) in [6.45, 7) is 4.26. The minimum absolute atomic E-state index is 0.238. The van der Waals surface area contributed by atoms with Gasteiger partial charge in [-0.2, -0.15) is 0 Å². The van der Waals surface area contributed by atoms with E-state index in [4.69, 9.17) is 11.6 Å². The molecule has 0 saturated carbocycles. The van der Waals surface area contributed by atoms with E-state index in [0.717, 1.165) is 0 Å². The van der Waals surface area contributed by atoms with Gasteiger partial charge in [0.05, 0.1) is 10.6 Å². The van der Waals surface area contributed by atoms with Crippen LogP contribution in [-0.2, 0) is 0 Å². The van der Waals surface area contributed by atoms with Crippen LogP contribution in [0.25, 0.3) is 0 Å². The molecule has 0 fully saturated rings. The summed E-state index contributed by atoms with van der Waals surface area (Å²) in [5.74, 6) is -0.228. The molecular formula is C15H15ClFN3O.